The molecule has 36 heavy (non-hydrogen) atoms. The lowest BCUT2D eigenvalue weighted by atomic mass is 10.1. The molecule has 0 aliphatic carbocycles. The molecule has 0 spiro atoms. The predicted octanol–water partition coefficient (Wildman–Crippen LogP) is 3.55. The number of carboxylic acid groups (broad SMARTS) is 1. The molecule has 9 heteroatoms. The van der Waals surface area contributed by atoms with Crippen molar-refractivity contribution in [1.29, 1.82) is 0 Å². The highest BCUT2D eigenvalue weighted by atomic mass is 32.2. The van der Waals surface area contributed by atoms with Crippen LogP contribution in [0.25, 0.3) is 0 Å². The number of carbonyl (C=O) groups is 1. The summed E-state index contributed by atoms with van der Waals surface area (Å²) in [4.78, 5) is 13.4. The van der Waals surface area contributed by atoms with Crippen LogP contribution in [0, 0.1) is 12.7 Å². The fourth-order valence-corrected chi connectivity index (χ4v) is 5.97. The van der Waals surface area contributed by atoms with Gasteiger partial charge in [-0.15, -0.1) is 0 Å². The molecule has 1 aliphatic rings. The average Bonchev–Trinajstić information content (AvgIpc) is 2.85. The fraction of sp³-hybridized carbons (Fsp3) is 0.296. The second-order valence-corrected chi connectivity index (χ2v) is 11.0. The lowest BCUT2D eigenvalue weighted by molar-refractivity contribution is -0.136. The van der Waals surface area contributed by atoms with Crippen LogP contribution in [0.1, 0.15) is 22.3 Å². The highest BCUT2D eigenvalue weighted by molar-refractivity contribution is 7.92. The molecule has 1 atom stereocenters. The Labute approximate surface area is 210 Å². The van der Waals surface area contributed by atoms with E-state index in [-0.39, 0.29) is 36.8 Å². The molecule has 1 unspecified atom stereocenters. The zero-order chi connectivity index (χ0) is 25.7. The van der Waals surface area contributed by atoms with E-state index >= 15 is 0 Å². The van der Waals surface area contributed by atoms with E-state index in [1.54, 1.807) is 54.6 Å². The smallest absolute Gasteiger partial charge is 0.307 e. The largest absolute Gasteiger partial charge is 0.489 e. The molecule has 190 valence electrons. The Morgan fingerprint density at radius 1 is 1.08 bits per heavy atom. The molecule has 4 rings (SSSR count). The summed E-state index contributed by atoms with van der Waals surface area (Å²) in [5.74, 6) is -0.765. The number of aliphatic carboxylic acids is 1. The molecule has 3 aromatic rings. The van der Waals surface area contributed by atoms with E-state index in [9.17, 15) is 22.7 Å². The number of halogens is 1. The topological polar surface area (TPSA) is 95.9 Å². The molecular weight excluding hydrogens is 483 g/mol. The SMILES string of the molecule is Cc1ccc(S(=O)(=O)C2CNCCN2Cc2cc(CC(=O)O)ccc2OCc2ccc(F)cc2)cc1. The summed E-state index contributed by atoms with van der Waals surface area (Å²) in [6, 6.07) is 18.0. The van der Waals surface area contributed by atoms with E-state index in [0.717, 1.165) is 11.1 Å². The molecule has 0 aromatic heterocycles. The quantitative estimate of drug-likeness (QED) is 0.453. The van der Waals surface area contributed by atoms with E-state index in [1.807, 2.05) is 11.8 Å². The van der Waals surface area contributed by atoms with E-state index in [0.29, 0.717) is 30.0 Å². The van der Waals surface area contributed by atoms with Crippen LogP contribution < -0.4 is 10.1 Å². The summed E-state index contributed by atoms with van der Waals surface area (Å²) in [5.41, 5.74) is 3.05. The first-order chi connectivity index (χ1) is 17.2. The maximum atomic E-state index is 13.5. The van der Waals surface area contributed by atoms with Crippen LogP contribution in [0.15, 0.2) is 71.6 Å². The van der Waals surface area contributed by atoms with Gasteiger partial charge in [0.25, 0.3) is 0 Å². The molecular formula is C27H29FN2O5S. The van der Waals surface area contributed by atoms with E-state index in [1.165, 1.54) is 12.1 Å². The van der Waals surface area contributed by atoms with E-state index in [4.69, 9.17) is 4.74 Å². The van der Waals surface area contributed by atoms with Crippen LogP contribution in [0.3, 0.4) is 0 Å². The van der Waals surface area contributed by atoms with Gasteiger partial charge in [-0.1, -0.05) is 42.0 Å². The molecule has 2 N–H and O–H groups in total. The number of sulfone groups is 1. The predicted molar refractivity (Wildman–Crippen MR) is 134 cm³/mol. The van der Waals surface area contributed by atoms with Crippen LogP contribution >= 0.6 is 0 Å². The molecule has 0 bridgehead atoms. The number of carboxylic acids is 1. The highest BCUT2D eigenvalue weighted by Gasteiger charge is 2.35. The maximum absolute atomic E-state index is 13.5. The van der Waals surface area contributed by atoms with Crippen LogP contribution in [0.5, 0.6) is 5.75 Å². The average molecular weight is 513 g/mol. The van der Waals surface area contributed by atoms with E-state index < -0.39 is 21.2 Å². The normalized spacial score (nSPS) is 16.6. The van der Waals surface area contributed by atoms with Gasteiger partial charge >= 0.3 is 5.97 Å². The summed E-state index contributed by atoms with van der Waals surface area (Å²) < 4.78 is 46.3. The van der Waals surface area contributed by atoms with Crippen molar-refractivity contribution in [3.05, 3.63) is 94.8 Å². The third-order valence-electron chi connectivity index (χ3n) is 6.17. The van der Waals surface area contributed by atoms with Gasteiger partial charge in [0.15, 0.2) is 9.84 Å². The fourth-order valence-electron chi connectivity index (χ4n) is 4.24. The molecule has 7 nitrogen and oxygen atoms in total. The number of nitrogens with one attached hydrogen (secondary N) is 1. The zero-order valence-electron chi connectivity index (χ0n) is 20.0. The van der Waals surface area contributed by atoms with Gasteiger partial charge in [0, 0.05) is 31.7 Å². The van der Waals surface area contributed by atoms with Gasteiger partial charge in [0.1, 0.15) is 23.5 Å². The van der Waals surface area contributed by atoms with Crippen molar-refractivity contribution in [3.8, 4) is 5.75 Å². The molecule has 3 aromatic carbocycles. The number of hydrogen-bond acceptors (Lipinski definition) is 6. The van der Waals surface area contributed by atoms with Crippen LogP contribution in [-0.2, 0) is 34.2 Å². The van der Waals surface area contributed by atoms with Crippen molar-refractivity contribution in [2.75, 3.05) is 19.6 Å². The second-order valence-electron chi connectivity index (χ2n) is 8.92. The van der Waals surface area contributed by atoms with Gasteiger partial charge in [0.2, 0.25) is 0 Å². The third-order valence-corrected chi connectivity index (χ3v) is 8.28. The van der Waals surface area contributed by atoms with Crippen molar-refractivity contribution in [3.63, 3.8) is 0 Å². The lowest BCUT2D eigenvalue weighted by Gasteiger charge is -2.36. The summed E-state index contributed by atoms with van der Waals surface area (Å²) in [6.45, 7) is 3.76. The molecule has 0 saturated carbocycles. The zero-order valence-corrected chi connectivity index (χ0v) is 20.8. The summed E-state index contributed by atoms with van der Waals surface area (Å²) in [6.07, 6.45) is -0.155. The Kier molecular flexibility index (Phi) is 8.03. The third kappa shape index (κ3) is 6.29. The van der Waals surface area contributed by atoms with E-state index in [2.05, 4.69) is 5.32 Å². The van der Waals surface area contributed by atoms with Crippen molar-refractivity contribution >= 4 is 15.8 Å². The minimum absolute atomic E-state index is 0.155. The Morgan fingerprint density at radius 2 is 1.78 bits per heavy atom. The van der Waals surface area contributed by atoms with Crippen LogP contribution in [-0.4, -0.2) is 49.4 Å². The Morgan fingerprint density at radius 3 is 2.47 bits per heavy atom. The second kappa shape index (κ2) is 11.2. The van der Waals surface area contributed by atoms with Gasteiger partial charge in [-0.2, -0.15) is 0 Å². The maximum Gasteiger partial charge on any atom is 0.307 e. The molecule has 1 fully saturated rings. The Bertz CT molecular complexity index is 1310. The first-order valence-electron chi connectivity index (χ1n) is 11.7. The van der Waals surface area contributed by atoms with Crippen LogP contribution in [0.4, 0.5) is 4.39 Å². The molecule has 1 saturated heterocycles. The molecule has 0 radical (unpaired) electrons. The Hall–Kier alpha value is -3.27. The first kappa shape index (κ1) is 25.8. The number of ether oxygens (including phenoxy) is 1. The van der Waals surface area contributed by atoms with Gasteiger partial charge in [-0.3, -0.25) is 9.69 Å². The molecule has 0 amide bonds. The number of benzene rings is 3. The van der Waals surface area contributed by atoms with Gasteiger partial charge in [-0.05, 0) is 48.4 Å². The number of hydrogen-bond donors (Lipinski definition) is 2. The molecule has 1 aliphatic heterocycles. The number of aryl methyl sites for hydroxylation is 1. The standard InChI is InChI=1S/C27H29FN2O5S/c1-19-2-9-24(10-3-19)36(33,34)26-16-29-12-13-30(26)17-22-14-21(15-27(31)32)6-11-25(22)35-18-20-4-7-23(28)8-5-20/h2-11,14,26,29H,12-13,15-18H2,1H3,(H,31,32). The van der Waals surface area contributed by atoms with Gasteiger partial charge < -0.3 is 15.2 Å². The highest BCUT2D eigenvalue weighted by Crippen LogP contribution is 2.28. The summed E-state index contributed by atoms with van der Waals surface area (Å²) in [7, 11) is -3.66. The van der Waals surface area contributed by atoms with Gasteiger partial charge in [0.05, 0.1) is 11.3 Å². The van der Waals surface area contributed by atoms with Crippen molar-refractivity contribution in [2.24, 2.45) is 0 Å². The lowest BCUT2D eigenvalue weighted by Crippen LogP contribution is -2.54. The van der Waals surface area contributed by atoms with Crippen molar-refractivity contribution < 1.29 is 27.4 Å². The van der Waals surface area contributed by atoms with Gasteiger partial charge in [-0.25, -0.2) is 12.8 Å². The monoisotopic (exact) mass is 512 g/mol. The number of nitrogens with zero attached hydrogens (tertiary/aromatic N) is 1. The first-order valence-corrected chi connectivity index (χ1v) is 13.2. The molecule has 1 heterocycles. The minimum atomic E-state index is -3.66. The minimum Gasteiger partial charge on any atom is -0.489 e. The Balaban J connectivity index is 1.61. The number of rotatable bonds is 9. The van der Waals surface area contributed by atoms with Crippen molar-refractivity contribution in [2.45, 2.75) is 36.8 Å². The van der Waals surface area contributed by atoms with Crippen molar-refractivity contribution in [1.82, 2.24) is 10.2 Å². The van der Waals surface area contributed by atoms with Crippen LogP contribution in [0.2, 0.25) is 0 Å². The summed E-state index contributed by atoms with van der Waals surface area (Å²) >= 11 is 0. The summed E-state index contributed by atoms with van der Waals surface area (Å²) in [5, 5.41) is 11.6. The number of piperazine rings is 1.